The van der Waals surface area contributed by atoms with E-state index in [1.807, 2.05) is 31.2 Å². The lowest BCUT2D eigenvalue weighted by atomic mass is 10.0. The van der Waals surface area contributed by atoms with Gasteiger partial charge in [-0.3, -0.25) is 4.79 Å². The molecule has 1 aromatic carbocycles. The molecule has 1 fully saturated rings. The molecule has 1 aliphatic rings. The molecule has 1 unspecified atom stereocenters. The molecule has 2 N–H and O–H groups in total. The Morgan fingerprint density at radius 3 is 3.05 bits per heavy atom. The summed E-state index contributed by atoms with van der Waals surface area (Å²) >= 11 is 0. The average Bonchev–Trinajstić information content (AvgIpc) is 2.92. The Balaban J connectivity index is 1.83. The Labute approximate surface area is 114 Å². The van der Waals surface area contributed by atoms with Crippen molar-refractivity contribution in [2.24, 2.45) is 5.92 Å². The van der Waals surface area contributed by atoms with Gasteiger partial charge in [-0.15, -0.1) is 0 Å². The number of hydrogen-bond donors (Lipinski definition) is 2. The summed E-state index contributed by atoms with van der Waals surface area (Å²) in [6.07, 6.45) is 2.71. The molecule has 104 valence electrons. The Morgan fingerprint density at radius 1 is 1.47 bits per heavy atom. The highest BCUT2D eigenvalue weighted by atomic mass is 16.5. The summed E-state index contributed by atoms with van der Waals surface area (Å²) in [5, 5.41) is 6.25. The van der Waals surface area contributed by atoms with Crippen LogP contribution in [0.5, 0.6) is 5.75 Å². The summed E-state index contributed by atoms with van der Waals surface area (Å²) < 4.78 is 5.49. The van der Waals surface area contributed by atoms with Gasteiger partial charge in [-0.1, -0.05) is 12.1 Å². The molecule has 0 saturated carbocycles. The standard InChI is InChI=1S/C15H22N2O2/c1-2-19-14-6-4-3-5-13(14)17-15(18)8-7-12-9-10-16-11-12/h3-6,12,16H,2,7-11H2,1H3,(H,17,18). The van der Waals surface area contributed by atoms with Crippen LogP contribution in [0, 0.1) is 5.92 Å². The predicted octanol–water partition coefficient (Wildman–Crippen LogP) is 2.41. The highest BCUT2D eigenvalue weighted by Crippen LogP contribution is 2.24. The van der Waals surface area contributed by atoms with E-state index in [4.69, 9.17) is 4.74 Å². The molecule has 1 atom stereocenters. The van der Waals surface area contributed by atoms with Gasteiger partial charge < -0.3 is 15.4 Å². The van der Waals surface area contributed by atoms with Crippen molar-refractivity contribution in [1.82, 2.24) is 5.32 Å². The number of benzene rings is 1. The molecule has 4 heteroatoms. The number of carbonyl (C=O) groups is 1. The zero-order valence-corrected chi connectivity index (χ0v) is 11.4. The smallest absolute Gasteiger partial charge is 0.224 e. The van der Waals surface area contributed by atoms with Crippen molar-refractivity contribution in [3.8, 4) is 5.75 Å². The van der Waals surface area contributed by atoms with Crippen LogP contribution < -0.4 is 15.4 Å². The Hall–Kier alpha value is -1.55. The molecule has 1 heterocycles. The maximum absolute atomic E-state index is 11.9. The van der Waals surface area contributed by atoms with Crippen molar-refractivity contribution < 1.29 is 9.53 Å². The van der Waals surface area contributed by atoms with Crippen LogP contribution in [0.1, 0.15) is 26.2 Å². The van der Waals surface area contributed by atoms with E-state index in [0.29, 0.717) is 18.9 Å². The van der Waals surface area contributed by atoms with Gasteiger partial charge in [-0.05, 0) is 50.9 Å². The first-order valence-electron chi connectivity index (χ1n) is 7.02. The average molecular weight is 262 g/mol. The van der Waals surface area contributed by atoms with E-state index in [1.165, 1.54) is 6.42 Å². The number of nitrogens with one attached hydrogen (secondary N) is 2. The Morgan fingerprint density at radius 2 is 2.32 bits per heavy atom. The molecular weight excluding hydrogens is 240 g/mol. The molecular formula is C15H22N2O2. The first-order valence-corrected chi connectivity index (χ1v) is 7.02. The number of amides is 1. The van der Waals surface area contributed by atoms with Crippen molar-refractivity contribution in [3.63, 3.8) is 0 Å². The van der Waals surface area contributed by atoms with Gasteiger partial charge in [-0.25, -0.2) is 0 Å². The third-order valence-electron chi connectivity index (χ3n) is 3.40. The van der Waals surface area contributed by atoms with E-state index in [0.717, 1.165) is 30.9 Å². The van der Waals surface area contributed by atoms with Gasteiger partial charge in [-0.2, -0.15) is 0 Å². The number of carbonyl (C=O) groups excluding carboxylic acids is 1. The molecule has 1 aliphatic heterocycles. The van der Waals surface area contributed by atoms with Crippen molar-refractivity contribution in [2.75, 3.05) is 25.0 Å². The topological polar surface area (TPSA) is 50.4 Å². The van der Waals surface area contributed by atoms with Gasteiger partial charge in [0.05, 0.1) is 12.3 Å². The molecule has 4 nitrogen and oxygen atoms in total. The third kappa shape index (κ3) is 4.24. The second kappa shape index (κ2) is 7.14. The largest absolute Gasteiger partial charge is 0.492 e. The van der Waals surface area contributed by atoms with Crippen LogP contribution in [0.4, 0.5) is 5.69 Å². The third-order valence-corrected chi connectivity index (χ3v) is 3.40. The van der Waals surface area contributed by atoms with Crippen molar-refractivity contribution in [3.05, 3.63) is 24.3 Å². The Bertz CT molecular complexity index is 414. The van der Waals surface area contributed by atoms with Crippen LogP contribution in [0.2, 0.25) is 0 Å². The minimum atomic E-state index is 0.0686. The van der Waals surface area contributed by atoms with Crippen molar-refractivity contribution in [1.29, 1.82) is 0 Å². The van der Waals surface area contributed by atoms with Crippen LogP contribution in [-0.2, 0) is 4.79 Å². The quantitative estimate of drug-likeness (QED) is 0.827. The van der Waals surface area contributed by atoms with E-state index in [1.54, 1.807) is 0 Å². The molecule has 0 bridgehead atoms. The lowest BCUT2D eigenvalue weighted by molar-refractivity contribution is -0.116. The van der Waals surface area contributed by atoms with Gasteiger partial charge in [0.25, 0.3) is 0 Å². The van der Waals surface area contributed by atoms with Crippen LogP contribution in [0.3, 0.4) is 0 Å². The minimum Gasteiger partial charge on any atom is -0.492 e. The monoisotopic (exact) mass is 262 g/mol. The lowest BCUT2D eigenvalue weighted by Gasteiger charge is -2.12. The first-order chi connectivity index (χ1) is 9.29. The zero-order valence-electron chi connectivity index (χ0n) is 11.4. The minimum absolute atomic E-state index is 0.0686. The second-order valence-corrected chi connectivity index (χ2v) is 4.87. The van der Waals surface area contributed by atoms with Gasteiger partial charge in [0.2, 0.25) is 5.91 Å². The van der Waals surface area contributed by atoms with Gasteiger partial charge >= 0.3 is 0 Å². The first kappa shape index (κ1) is 13.9. The van der Waals surface area contributed by atoms with E-state index < -0.39 is 0 Å². The fourth-order valence-corrected chi connectivity index (χ4v) is 2.36. The summed E-state index contributed by atoms with van der Waals surface area (Å²) in [7, 11) is 0. The molecule has 0 spiro atoms. The molecule has 0 aliphatic carbocycles. The number of para-hydroxylation sites is 2. The molecule has 1 amide bonds. The summed E-state index contributed by atoms with van der Waals surface area (Å²) in [6, 6.07) is 7.56. The number of anilines is 1. The second-order valence-electron chi connectivity index (χ2n) is 4.87. The highest BCUT2D eigenvalue weighted by Gasteiger charge is 2.16. The fourth-order valence-electron chi connectivity index (χ4n) is 2.36. The SMILES string of the molecule is CCOc1ccccc1NC(=O)CCC1CCNC1. The number of ether oxygens (including phenoxy) is 1. The summed E-state index contributed by atoms with van der Waals surface area (Å²) in [5.74, 6) is 1.45. The molecule has 1 aromatic rings. The van der Waals surface area contributed by atoms with E-state index in [-0.39, 0.29) is 5.91 Å². The molecule has 0 radical (unpaired) electrons. The maximum atomic E-state index is 11.9. The fraction of sp³-hybridized carbons (Fsp3) is 0.533. The highest BCUT2D eigenvalue weighted by molar-refractivity contribution is 5.92. The van der Waals surface area contributed by atoms with Gasteiger partial charge in [0.15, 0.2) is 0 Å². The normalized spacial score (nSPS) is 18.3. The van der Waals surface area contributed by atoms with Crippen LogP contribution in [0.15, 0.2) is 24.3 Å². The van der Waals surface area contributed by atoms with Crippen molar-refractivity contribution in [2.45, 2.75) is 26.2 Å². The molecule has 1 saturated heterocycles. The summed E-state index contributed by atoms with van der Waals surface area (Å²) in [4.78, 5) is 11.9. The number of rotatable bonds is 6. The molecule has 0 aromatic heterocycles. The number of hydrogen-bond acceptors (Lipinski definition) is 3. The Kier molecular flexibility index (Phi) is 5.21. The van der Waals surface area contributed by atoms with Crippen LogP contribution in [-0.4, -0.2) is 25.6 Å². The van der Waals surface area contributed by atoms with Crippen LogP contribution >= 0.6 is 0 Å². The molecule has 19 heavy (non-hydrogen) atoms. The van der Waals surface area contributed by atoms with Crippen molar-refractivity contribution >= 4 is 11.6 Å². The van der Waals surface area contributed by atoms with Gasteiger partial charge in [0, 0.05) is 6.42 Å². The lowest BCUT2D eigenvalue weighted by Crippen LogP contribution is -2.15. The van der Waals surface area contributed by atoms with Crippen LogP contribution in [0.25, 0.3) is 0 Å². The van der Waals surface area contributed by atoms with E-state index in [2.05, 4.69) is 10.6 Å². The summed E-state index contributed by atoms with van der Waals surface area (Å²) in [5.41, 5.74) is 0.763. The zero-order chi connectivity index (χ0) is 13.5. The summed E-state index contributed by atoms with van der Waals surface area (Å²) in [6.45, 7) is 4.66. The predicted molar refractivity (Wildman–Crippen MR) is 76.5 cm³/mol. The van der Waals surface area contributed by atoms with E-state index >= 15 is 0 Å². The van der Waals surface area contributed by atoms with Gasteiger partial charge in [0.1, 0.15) is 5.75 Å². The maximum Gasteiger partial charge on any atom is 0.224 e. The molecule has 2 rings (SSSR count). The van der Waals surface area contributed by atoms with E-state index in [9.17, 15) is 4.79 Å².